The highest BCUT2D eigenvalue weighted by atomic mass is 19.1. The van der Waals surface area contributed by atoms with Gasteiger partial charge < -0.3 is 0 Å². The van der Waals surface area contributed by atoms with Crippen molar-refractivity contribution in [2.75, 3.05) is 45.9 Å². The summed E-state index contributed by atoms with van der Waals surface area (Å²) in [5.41, 5.74) is 0.168. The quantitative estimate of drug-likeness (QED) is 0.541. The third-order valence-corrected chi connectivity index (χ3v) is 8.26. The van der Waals surface area contributed by atoms with Crippen LogP contribution in [0.25, 0.3) is 0 Å². The zero-order valence-corrected chi connectivity index (χ0v) is 23.3. The standard InChI is InChI=1S/C27H52FN5/c1-24(2,3)30-15-18-33(23(19-28)21-30)27(9,10)13-12-26(7,8)31-16-17-32(25(4,5)6)22(20-31)11-14-29/h22-23H,11-13,15-21H2,1-10H3/t22-,23?/m0/s1. The van der Waals surface area contributed by atoms with Gasteiger partial charge in [0.2, 0.25) is 0 Å². The minimum Gasteiger partial charge on any atom is -0.296 e. The maximum atomic E-state index is 14.1. The van der Waals surface area contributed by atoms with Gasteiger partial charge in [0.1, 0.15) is 6.67 Å². The molecular formula is C27H52FN5. The molecule has 0 aromatic carbocycles. The molecule has 6 heteroatoms. The third-order valence-electron chi connectivity index (χ3n) is 8.26. The van der Waals surface area contributed by atoms with Crippen molar-refractivity contribution in [3.8, 4) is 6.07 Å². The summed E-state index contributed by atoms with van der Waals surface area (Å²) in [5, 5.41) is 9.43. The average Bonchev–Trinajstić information content (AvgIpc) is 2.70. The summed E-state index contributed by atoms with van der Waals surface area (Å²) in [5.74, 6) is 0. The van der Waals surface area contributed by atoms with Crippen LogP contribution in [0.2, 0.25) is 0 Å². The van der Waals surface area contributed by atoms with Crippen LogP contribution in [0.15, 0.2) is 0 Å². The zero-order chi connectivity index (χ0) is 25.2. The van der Waals surface area contributed by atoms with Crippen molar-refractivity contribution < 1.29 is 4.39 Å². The van der Waals surface area contributed by atoms with Crippen LogP contribution in [0.1, 0.15) is 88.5 Å². The highest BCUT2D eigenvalue weighted by Crippen LogP contribution is 2.34. The van der Waals surface area contributed by atoms with Crippen molar-refractivity contribution >= 4 is 0 Å². The van der Waals surface area contributed by atoms with Gasteiger partial charge in [0, 0.05) is 67.5 Å². The molecule has 2 heterocycles. The largest absolute Gasteiger partial charge is 0.296 e. The van der Waals surface area contributed by atoms with E-state index in [0.717, 1.165) is 52.1 Å². The second-order valence-corrected chi connectivity index (χ2v) is 13.6. The molecule has 2 rings (SSSR count). The fourth-order valence-electron chi connectivity index (χ4n) is 5.88. The second-order valence-electron chi connectivity index (χ2n) is 13.6. The number of halogens is 1. The van der Waals surface area contributed by atoms with Crippen LogP contribution in [-0.2, 0) is 0 Å². The van der Waals surface area contributed by atoms with Gasteiger partial charge in [-0.2, -0.15) is 5.26 Å². The highest BCUT2D eigenvalue weighted by molar-refractivity contribution is 4.99. The molecule has 2 saturated heterocycles. The lowest BCUT2D eigenvalue weighted by Crippen LogP contribution is -2.65. The lowest BCUT2D eigenvalue weighted by Gasteiger charge is -2.54. The predicted molar refractivity (Wildman–Crippen MR) is 137 cm³/mol. The van der Waals surface area contributed by atoms with Gasteiger partial charge in [0.25, 0.3) is 0 Å². The maximum absolute atomic E-state index is 14.1. The first-order valence-electron chi connectivity index (χ1n) is 13.0. The molecule has 0 aromatic heterocycles. The van der Waals surface area contributed by atoms with Crippen molar-refractivity contribution in [3.05, 3.63) is 0 Å². The minimum atomic E-state index is -0.288. The van der Waals surface area contributed by atoms with Crippen molar-refractivity contribution in [1.29, 1.82) is 5.26 Å². The second kappa shape index (κ2) is 10.5. The van der Waals surface area contributed by atoms with Crippen molar-refractivity contribution in [3.63, 3.8) is 0 Å². The summed E-state index contributed by atoms with van der Waals surface area (Å²) in [6, 6.07) is 2.66. The van der Waals surface area contributed by atoms with E-state index in [-0.39, 0.29) is 40.9 Å². The Morgan fingerprint density at radius 1 is 0.697 bits per heavy atom. The molecule has 192 valence electrons. The third kappa shape index (κ3) is 7.13. The van der Waals surface area contributed by atoms with Crippen LogP contribution >= 0.6 is 0 Å². The summed E-state index contributed by atoms with van der Waals surface area (Å²) in [6.07, 6.45) is 2.67. The molecule has 0 bridgehead atoms. The number of hydrogen-bond acceptors (Lipinski definition) is 5. The average molecular weight is 466 g/mol. The molecule has 33 heavy (non-hydrogen) atoms. The van der Waals surface area contributed by atoms with Crippen LogP contribution in [0, 0.1) is 11.3 Å². The first kappa shape index (κ1) is 28.5. The van der Waals surface area contributed by atoms with Gasteiger partial charge in [0.15, 0.2) is 0 Å². The Morgan fingerprint density at radius 3 is 1.73 bits per heavy atom. The molecule has 0 aliphatic carbocycles. The van der Waals surface area contributed by atoms with Gasteiger partial charge in [-0.05, 0) is 82.1 Å². The molecule has 2 aliphatic heterocycles. The van der Waals surface area contributed by atoms with E-state index < -0.39 is 0 Å². The molecule has 0 spiro atoms. The molecule has 5 nitrogen and oxygen atoms in total. The van der Waals surface area contributed by atoms with E-state index in [1.54, 1.807) is 0 Å². The molecule has 0 saturated carbocycles. The molecule has 2 atom stereocenters. The lowest BCUT2D eigenvalue weighted by atomic mass is 9.84. The lowest BCUT2D eigenvalue weighted by molar-refractivity contribution is -0.0517. The maximum Gasteiger partial charge on any atom is 0.106 e. The van der Waals surface area contributed by atoms with Crippen molar-refractivity contribution in [2.24, 2.45) is 0 Å². The molecular weight excluding hydrogens is 413 g/mol. The van der Waals surface area contributed by atoms with E-state index >= 15 is 0 Å². The number of nitriles is 1. The van der Waals surface area contributed by atoms with Crippen LogP contribution in [0.5, 0.6) is 0 Å². The first-order valence-corrected chi connectivity index (χ1v) is 13.0. The predicted octanol–water partition coefficient (Wildman–Crippen LogP) is 4.78. The van der Waals surface area contributed by atoms with Crippen LogP contribution < -0.4 is 0 Å². The monoisotopic (exact) mass is 465 g/mol. The summed E-state index contributed by atoms with van der Waals surface area (Å²) < 4.78 is 14.1. The van der Waals surface area contributed by atoms with Crippen LogP contribution in [-0.4, -0.2) is 99.8 Å². The van der Waals surface area contributed by atoms with Gasteiger partial charge in [-0.25, -0.2) is 4.39 Å². The van der Waals surface area contributed by atoms with Crippen LogP contribution in [0.3, 0.4) is 0 Å². The molecule has 0 N–H and O–H groups in total. The van der Waals surface area contributed by atoms with Gasteiger partial charge in [-0.1, -0.05) is 0 Å². The van der Waals surface area contributed by atoms with Gasteiger partial charge >= 0.3 is 0 Å². The van der Waals surface area contributed by atoms with E-state index in [9.17, 15) is 9.65 Å². The Kier molecular flexibility index (Phi) is 9.05. The number of rotatable bonds is 7. The summed E-state index contributed by atoms with van der Waals surface area (Å²) in [6.45, 7) is 28.1. The smallest absolute Gasteiger partial charge is 0.106 e. The van der Waals surface area contributed by atoms with Gasteiger partial charge in [-0.15, -0.1) is 0 Å². The number of hydrogen-bond donors (Lipinski definition) is 0. The fraction of sp³-hybridized carbons (Fsp3) is 0.963. The fourth-order valence-corrected chi connectivity index (χ4v) is 5.88. The van der Waals surface area contributed by atoms with E-state index in [2.05, 4.69) is 94.9 Å². The van der Waals surface area contributed by atoms with Crippen molar-refractivity contribution in [1.82, 2.24) is 19.6 Å². The van der Waals surface area contributed by atoms with Crippen molar-refractivity contribution in [2.45, 2.75) is 123 Å². The summed E-state index contributed by atoms with van der Waals surface area (Å²) >= 11 is 0. The minimum absolute atomic E-state index is 0.0357. The molecule has 2 fully saturated rings. The Hall–Kier alpha value is -0.740. The van der Waals surface area contributed by atoms with E-state index in [4.69, 9.17) is 0 Å². The van der Waals surface area contributed by atoms with Gasteiger partial charge in [0.05, 0.1) is 18.5 Å². The number of alkyl halides is 1. The summed E-state index contributed by atoms with van der Waals surface area (Å²) in [7, 11) is 0. The Morgan fingerprint density at radius 2 is 1.21 bits per heavy atom. The Labute approximate surface area is 204 Å². The topological polar surface area (TPSA) is 36.8 Å². The molecule has 2 aliphatic rings. The molecule has 1 unspecified atom stereocenters. The Bertz CT molecular complexity index is 669. The molecule has 0 amide bonds. The zero-order valence-electron chi connectivity index (χ0n) is 23.3. The van der Waals surface area contributed by atoms with E-state index in [0.29, 0.717) is 6.42 Å². The number of nitrogens with zero attached hydrogens (tertiary/aromatic N) is 5. The first-order chi connectivity index (χ1) is 15.0. The highest BCUT2D eigenvalue weighted by Gasteiger charge is 2.42. The molecule has 0 radical (unpaired) electrons. The summed E-state index contributed by atoms with van der Waals surface area (Å²) in [4.78, 5) is 9.96. The van der Waals surface area contributed by atoms with Crippen LogP contribution in [0.4, 0.5) is 4.39 Å². The van der Waals surface area contributed by atoms with Gasteiger partial charge in [-0.3, -0.25) is 19.6 Å². The molecule has 0 aromatic rings. The van der Waals surface area contributed by atoms with E-state index in [1.807, 2.05) is 0 Å². The normalized spacial score (nSPS) is 25.9. The number of piperazine rings is 2. The Balaban J connectivity index is 2.04. The SMILES string of the molecule is CC(C)(C)N1CCN(C(C)(C)CCC(C)(C)N2CCN(C(C)(C)C)[C@@H](CC#N)C2)C(CF)C1. The van der Waals surface area contributed by atoms with E-state index in [1.165, 1.54) is 0 Å².